The Morgan fingerprint density at radius 1 is 1.17 bits per heavy atom. The predicted molar refractivity (Wildman–Crippen MR) is 57.7 cm³/mol. The molecule has 0 atom stereocenters. The minimum absolute atomic E-state index is 0.0346. The van der Waals surface area contributed by atoms with Crippen molar-refractivity contribution in [2.45, 2.75) is 31.9 Å². The van der Waals surface area contributed by atoms with Gasteiger partial charge in [-0.3, -0.25) is 4.79 Å². The molecule has 0 aromatic heterocycles. The van der Waals surface area contributed by atoms with Crippen LogP contribution in [0.5, 0.6) is 0 Å². The normalized spacial score (nSPS) is 17.1. The minimum Gasteiger partial charge on any atom is -0.294 e. The standard InChI is InChI=1S/C13H12F4O/c14-11-7-9(5-6-10(11)13(15,16)17)12(18)8-3-1-2-4-8/h5-8H,1-4H2. The highest BCUT2D eigenvalue weighted by Gasteiger charge is 2.34. The van der Waals surface area contributed by atoms with E-state index in [0.717, 1.165) is 31.7 Å². The molecule has 0 heterocycles. The number of carbonyl (C=O) groups is 1. The summed E-state index contributed by atoms with van der Waals surface area (Å²) in [6, 6.07) is 2.40. The quantitative estimate of drug-likeness (QED) is 0.574. The number of ketones is 1. The van der Waals surface area contributed by atoms with Crippen LogP contribution in [-0.2, 0) is 6.18 Å². The fourth-order valence-electron chi connectivity index (χ4n) is 2.32. The molecule has 1 aromatic carbocycles. The van der Waals surface area contributed by atoms with Crippen molar-refractivity contribution in [2.75, 3.05) is 0 Å². The summed E-state index contributed by atoms with van der Waals surface area (Å²) in [5, 5.41) is 0. The predicted octanol–water partition coefficient (Wildman–Crippen LogP) is 4.22. The number of carbonyl (C=O) groups excluding carboxylic acids is 1. The molecule has 98 valence electrons. The second-order valence-corrected chi connectivity index (χ2v) is 4.54. The van der Waals surface area contributed by atoms with Gasteiger partial charge in [0.15, 0.2) is 5.78 Å². The molecule has 1 fully saturated rings. The number of rotatable bonds is 2. The van der Waals surface area contributed by atoms with Crippen molar-refractivity contribution in [3.05, 3.63) is 35.1 Å². The van der Waals surface area contributed by atoms with E-state index >= 15 is 0 Å². The van der Waals surface area contributed by atoms with E-state index in [1.165, 1.54) is 0 Å². The first-order valence-electron chi connectivity index (χ1n) is 5.80. The molecule has 0 saturated heterocycles. The summed E-state index contributed by atoms with van der Waals surface area (Å²) in [6.07, 6.45) is -1.36. The van der Waals surface area contributed by atoms with Gasteiger partial charge in [0.25, 0.3) is 0 Å². The van der Waals surface area contributed by atoms with Crippen molar-refractivity contribution in [3.8, 4) is 0 Å². The Labute approximate surface area is 102 Å². The maximum Gasteiger partial charge on any atom is 0.419 e. The van der Waals surface area contributed by atoms with E-state index in [9.17, 15) is 22.4 Å². The molecule has 1 aliphatic rings. The zero-order chi connectivity index (χ0) is 13.3. The van der Waals surface area contributed by atoms with Crippen LogP contribution in [0.2, 0.25) is 0 Å². The third-order valence-electron chi connectivity index (χ3n) is 3.28. The first kappa shape index (κ1) is 13.1. The van der Waals surface area contributed by atoms with E-state index in [0.29, 0.717) is 12.1 Å². The van der Waals surface area contributed by atoms with Crippen LogP contribution >= 0.6 is 0 Å². The van der Waals surface area contributed by atoms with Gasteiger partial charge >= 0.3 is 6.18 Å². The number of hydrogen-bond donors (Lipinski definition) is 0. The summed E-state index contributed by atoms with van der Waals surface area (Å²) in [4.78, 5) is 11.9. The second kappa shape index (κ2) is 4.71. The fourth-order valence-corrected chi connectivity index (χ4v) is 2.32. The molecule has 0 amide bonds. The molecule has 0 spiro atoms. The molecule has 0 radical (unpaired) electrons. The fraction of sp³-hybridized carbons (Fsp3) is 0.462. The lowest BCUT2D eigenvalue weighted by atomic mass is 9.95. The Morgan fingerprint density at radius 3 is 2.28 bits per heavy atom. The van der Waals surface area contributed by atoms with Crippen LogP contribution in [0.1, 0.15) is 41.6 Å². The molecular formula is C13H12F4O. The molecule has 1 saturated carbocycles. The van der Waals surface area contributed by atoms with Gasteiger partial charge in [-0.2, -0.15) is 13.2 Å². The zero-order valence-electron chi connectivity index (χ0n) is 9.56. The average molecular weight is 260 g/mol. The van der Waals surface area contributed by atoms with E-state index in [4.69, 9.17) is 0 Å². The number of hydrogen-bond acceptors (Lipinski definition) is 1. The van der Waals surface area contributed by atoms with Crippen LogP contribution in [0.15, 0.2) is 18.2 Å². The molecule has 0 bridgehead atoms. The molecule has 2 rings (SSSR count). The SMILES string of the molecule is O=C(c1ccc(C(F)(F)F)c(F)c1)C1CCCC1. The summed E-state index contributed by atoms with van der Waals surface area (Å²) in [6.45, 7) is 0. The number of alkyl halides is 3. The zero-order valence-corrected chi connectivity index (χ0v) is 9.56. The molecular weight excluding hydrogens is 248 g/mol. The van der Waals surface area contributed by atoms with Crippen molar-refractivity contribution in [3.63, 3.8) is 0 Å². The monoisotopic (exact) mass is 260 g/mol. The summed E-state index contributed by atoms with van der Waals surface area (Å²) in [5.41, 5.74) is -1.29. The maximum atomic E-state index is 13.3. The van der Waals surface area contributed by atoms with Crippen LogP contribution in [0.3, 0.4) is 0 Å². The van der Waals surface area contributed by atoms with Crippen LogP contribution in [0.25, 0.3) is 0 Å². The van der Waals surface area contributed by atoms with E-state index < -0.39 is 17.6 Å². The van der Waals surface area contributed by atoms with Gasteiger partial charge in [-0.1, -0.05) is 18.9 Å². The molecule has 18 heavy (non-hydrogen) atoms. The van der Waals surface area contributed by atoms with Gasteiger partial charge < -0.3 is 0 Å². The average Bonchev–Trinajstić information content (AvgIpc) is 2.79. The first-order chi connectivity index (χ1) is 8.39. The lowest BCUT2D eigenvalue weighted by Gasteiger charge is -2.11. The number of halogens is 4. The van der Waals surface area contributed by atoms with Gasteiger partial charge in [-0.15, -0.1) is 0 Å². The number of benzene rings is 1. The molecule has 1 nitrogen and oxygen atoms in total. The van der Waals surface area contributed by atoms with Gasteiger partial charge in [0.2, 0.25) is 0 Å². The second-order valence-electron chi connectivity index (χ2n) is 4.54. The van der Waals surface area contributed by atoms with Crippen molar-refractivity contribution in [1.29, 1.82) is 0 Å². The first-order valence-corrected chi connectivity index (χ1v) is 5.80. The topological polar surface area (TPSA) is 17.1 Å². The smallest absolute Gasteiger partial charge is 0.294 e. The van der Waals surface area contributed by atoms with Gasteiger partial charge in [-0.05, 0) is 25.0 Å². The Kier molecular flexibility index (Phi) is 3.41. The van der Waals surface area contributed by atoms with Crippen molar-refractivity contribution in [2.24, 2.45) is 5.92 Å². The summed E-state index contributed by atoms with van der Waals surface area (Å²) in [5.74, 6) is -1.80. The lowest BCUT2D eigenvalue weighted by molar-refractivity contribution is -0.140. The van der Waals surface area contributed by atoms with E-state index in [1.54, 1.807) is 0 Å². The minimum atomic E-state index is -4.72. The molecule has 0 unspecified atom stereocenters. The highest BCUT2D eigenvalue weighted by Crippen LogP contribution is 2.33. The van der Waals surface area contributed by atoms with Gasteiger partial charge in [0, 0.05) is 11.5 Å². The number of Topliss-reactive ketones (excluding diaryl/α,β-unsaturated/α-hetero) is 1. The lowest BCUT2D eigenvalue weighted by Crippen LogP contribution is -2.13. The molecule has 1 aliphatic carbocycles. The van der Waals surface area contributed by atoms with E-state index in [2.05, 4.69) is 0 Å². The summed E-state index contributed by atoms with van der Waals surface area (Å²) < 4.78 is 50.4. The summed E-state index contributed by atoms with van der Waals surface area (Å²) >= 11 is 0. The third-order valence-corrected chi connectivity index (χ3v) is 3.28. The van der Waals surface area contributed by atoms with Crippen molar-refractivity contribution < 1.29 is 22.4 Å². The van der Waals surface area contributed by atoms with Crippen LogP contribution in [0.4, 0.5) is 17.6 Å². The third kappa shape index (κ3) is 2.54. The van der Waals surface area contributed by atoms with Crippen LogP contribution in [-0.4, -0.2) is 5.78 Å². The Bertz CT molecular complexity index is 459. The largest absolute Gasteiger partial charge is 0.419 e. The van der Waals surface area contributed by atoms with E-state index in [-0.39, 0.29) is 17.3 Å². The molecule has 0 N–H and O–H groups in total. The van der Waals surface area contributed by atoms with Gasteiger partial charge in [-0.25, -0.2) is 4.39 Å². The van der Waals surface area contributed by atoms with Gasteiger partial charge in [0.1, 0.15) is 5.82 Å². The summed E-state index contributed by atoms with van der Waals surface area (Å²) in [7, 11) is 0. The maximum absolute atomic E-state index is 13.3. The highest BCUT2D eigenvalue weighted by atomic mass is 19.4. The highest BCUT2D eigenvalue weighted by molar-refractivity contribution is 5.98. The van der Waals surface area contributed by atoms with Crippen molar-refractivity contribution in [1.82, 2.24) is 0 Å². The van der Waals surface area contributed by atoms with Crippen LogP contribution < -0.4 is 0 Å². The van der Waals surface area contributed by atoms with Gasteiger partial charge in [0.05, 0.1) is 5.56 Å². The molecule has 1 aromatic rings. The molecule has 0 aliphatic heterocycles. The van der Waals surface area contributed by atoms with Crippen molar-refractivity contribution >= 4 is 5.78 Å². The van der Waals surface area contributed by atoms with Crippen LogP contribution in [0, 0.1) is 11.7 Å². The molecule has 5 heteroatoms. The Balaban J connectivity index is 2.26. The van der Waals surface area contributed by atoms with E-state index in [1.807, 2.05) is 0 Å². The Morgan fingerprint density at radius 2 is 1.78 bits per heavy atom. The Hall–Kier alpha value is -1.39.